The van der Waals surface area contributed by atoms with Crippen LogP contribution in [-0.4, -0.2) is 18.2 Å². The van der Waals surface area contributed by atoms with Gasteiger partial charge in [0.15, 0.2) is 0 Å². The first kappa shape index (κ1) is 9.28. The molecule has 1 aliphatic rings. The monoisotopic (exact) mass is 189 g/mol. The summed E-state index contributed by atoms with van der Waals surface area (Å²) in [6.45, 7) is 3.89. The summed E-state index contributed by atoms with van der Waals surface area (Å²) in [5, 5.41) is 13.0. The average Bonchev–Trinajstić information content (AvgIpc) is 2.19. The number of rotatable bonds is 1. The van der Waals surface area contributed by atoms with E-state index in [0.29, 0.717) is 5.75 Å². The van der Waals surface area contributed by atoms with Crippen LogP contribution in [0.1, 0.15) is 17.5 Å². The zero-order valence-electron chi connectivity index (χ0n) is 8.38. The van der Waals surface area contributed by atoms with Gasteiger partial charge in [0.05, 0.1) is 0 Å². The number of benzene rings is 1. The maximum Gasteiger partial charge on any atom is 0.123 e. The van der Waals surface area contributed by atoms with Crippen LogP contribution in [-0.2, 0) is 0 Å². The lowest BCUT2D eigenvalue weighted by Crippen LogP contribution is -2.20. The van der Waals surface area contributed by atoms with E-state index in [0.717, 1.165) is 30.6 Å². The summed E-state index contributed by atoms with van der Waals surface area (Å²) in [4.78, 5) is 0. The maximum atomic E-state index is 9.78. The zero-order chi connectivity index (χ0) is 9.97. The number of phenols is 1. The molecule has 14 heavy (non-hydrogen) atoms. The molecule has 0 aromatic heterocycles. The molecule has 0 radical (unpaired) electrons. The van der Waals surface area contributed by atoms with Crippen LogP contribution in [0.2, 0.25) is 0 Å². The normalized spacial score (nSPS) is 16.5. The van der Waals surface area contributed by atoms with E-state index in [-0.39, 0.29) is 0 Å². The molecule has 0 unspecified atom stereocenters. The van der Waals surface area contributed by atoms with Crippen LogP contribution in [0, 0.1) is 6.92 Å². The van der Waals surface area contributed by atoms with Crippen molar-refractivity contribution in [2.45, 2.75) is 13.3 Å². The molecule has 1 aromatic rings. The molecular weight excluding hydrogens is 174 g/mol. The van der Waals surface area contributed by atoms with Gasteiger partial charge in [-0.15, -0.1) is 0 Å². The van der Waals surface area contributed by atoms with E-state index in [1.807, 2.05) is 25.1 Å². The van der Waals surface area contributed by atoms with Gasteiger partial charge in [0, 0.05) is 12.1 Å². The second-order valence-electron chi connectivity index (χ2n) is 3.70. The summed E-state index contributed by atoms with van der Waals surface area (Å²) in [5.74, 6) is 0.401. The Hall–Kier alpha value is -1.28. The smallest absolute Gasteiger partial charge is 0.123 e. The zero-order valence-corrected chi connectivity index (χ0v) is 8.38. The van der Waals surface area contributed by atoms with Gasteiger partial charge >= 0.3 is 0 Å². The minimum Gasteiger partial charge on any atom is -0.507 e. The lowest BCUT2D eigenvalue weighted by molar-refractivity contribution is 0.472. The first-order valence-corrected chi connectivity index (χ1v) is 4.97. The third kappa shape index (κ3) is 1.80. The molecule has 1 aromatic carbocycles. The Morgan fingerprint density at radius 3 is 2.86 bits per heavy atom. The molecule has 0 atom stereocenters. The van der Waals surface area contributed by atoms with E-state index in [4.69, 9.17) is 0 Å². The molecular formula is C12H15NO. The fourth-order valence-electron chi connectivity index (χ4n) is 1.78. The molecule has 74 valence electrons. The largest absolute Gasteiger partial charge is 0.507 e. The lowest BCUT2D eigenvalue weighted by Gasteiger charge is -2.15. The number of phenolic OH excluding ortho intramolecular Hbond substituents is 1. The van der Waals surface area contributed by atoms with Gasteiger partial charge in [-0.25, -0.2) is 0 Å². The van der Waals surface area contributed by atoms with Crippen molar-refractivity contribution in [2.24, 2.45) is 0 Å². The molecule has 2 nitrogen and oxygen atoms in total. The van der Waals surface area contributed by atoms with Crippen molar-refractivity contribution in [3.63, 3.8) is 0 Å². The average molecular weight is 189 g/mol. The number of aryl methyl sites for hydroxylation is 1. The van der Waals surface area contributed by atoms with E-state index < -0.39 is 0 Å². The van der Waals surface area contributed by atoms with Crippen LogP contribution in [0.5, 0.6) is 5.75 Å². The van der Waals surface area contributed by atoms with Gasteiger partial charge < -0.3 is 10.4 Å². The second kappa shape index (κ2) is 3.84. The van der Waals surface area contributed by atoms with Crippen molar-refractivity contribution >= 4 is 5.57 Å². The molecule has 0 spiro atoms. The summed E-state index contributed by atoms with van der Waals surface area (Å²) in [6.07, 6.45) is 3.14. The van der Waals surface area contributed by atoms with Crippen LogP contribution in [0.3, 0.4) is 0 Å². The van der Waals surface area contributed by atoms with E-state index in [1.165, 1.54) is 5.57 Å². The summed E-state index contributed by atoms with van der Waals surface area (Å²) in [6, 6.07) is 5.86. The van der Waals surface area contributed by atoms with Crippen molar-refractivity contribution in [2.75, 3.05) is 13.1 Å². The van der Waals surface area contributed by atoms with Gasteiger partial charge in [0.1, 0.15) is 5.75 Å². The second-order valence-corrected chi connectivity index (χ2v) is 3.70. The Bertz CT molecular complexity index is 369. The molecule has 1 heterocycles. The molecule has 0 aliphatic carbocycles. The van der Waals surface area contributed by atoms with E-state index in [9.17, 15) is 5.11 Å². The molecule has 0 bridgehead atoms. The van der Waals surface area contributed by atoms with Crippen molar-refractivity contribution in [3.05, 3.63) is 35.4 Å². The van der Waals surface area contributed by atoms with E-state index in [1.54, 1.807) is 0 Å². The molecule has 2 heteroatoms. The van der Waals surface area contributed by atoms with Crippen molar-refractivity contribution < 1.29 is 5.11 Å². The Labute approximate surface area is 84.3 Å². The number of hydrogen-bond acceptors (Lipinski definition) is 2. The van der Waals surface area contributed by atoms with Crippen LogP contribution >= 0.6 is 0 Å². The van der Waals surface area contributed by atoms with Crippen LogP contribution < -0.4 is 5.32 Å². The van der Waals surface area contributed by atoms with E-state index >= 15 is 0 Å². The fraction of sp³-hybridized carbons (Fsp3) is 0.333. The number of nitrogens with one attached hydrogen (secondary N) is 1. The van der Waals surface area contributed by atoms with Crippen LogP contribution in [0.15, 0.2) is 24.3 Å². The molecule has 1 aliphatic heterocycles. The number of aromatic hydroxyl groups is 1. The molecule has 0 saturated carbocycles. The first-order valence-electron chi connectivity index (χ1n) is 4.97. The number of hydrogen-bond donors (Lipinski definition) is 2. The summed E-state index contributed by atoms with van der Waals surface area (Å²) in [5.41, 5.74) is 3.33. The van der Waals surface area contributed by atoms with Gasteiger partial charge in [-0.05, 0) is 37.1 Å². The SMILES string of the molecule is Cc1ccc(C2=CCNCC2)c(O)c1. The molecule has 0 fully saturated rings. The highest BCUT2D eigenvalue weighted by Gasteiger charge is 2.09. The Morgan fingerprint density at radius 1 is 1.36 bits per heavy atom. The molecule has 0 saturated heterocycles. The Morgan fingerprint density at radius 2 is 2.21 bits per heavy atom. The summed E-state index contributed by atoms with van der Waals surface area (Å²) < 4.78 is 0. The quantitative estimate of drug-likeness (QED) is 0.709. The minimum atomic E-state index is 0.401. The third-order valence-electron chi connectivity index (χ3n) is 2.56. The Balaban J connectivity index is 2.35. The molecule has 2 N–H and O–H groups in total. The van der Waals surface area contributed by atoms with Crippen molar-refractivity contribution in [3.8, 4) is 5.75 Å². The standard InChI is InChI=1S/C12H15NO/c1-9-2-3-11(12(14)8-9)10-4-6-13-7-5-10/h2-4,8,13-14H,5-7H2,1H3. The topological polar surface area (TPSA) is 32.3 Å². The fourth-order valence-corrected chi connectivity index (χ4v) is 1.78. The van der Waals surface area contributed by atoms with Crippen LogP contribution in [0.25, 0.3) is 5.57 Å². The van der Waals surface area contributed by atoms with Gasteiger partial charge in [-0.2, -0.15) is 0 Å². The molecule has 2 rings (SSSR count). The summed E-state index contributed by atoms with van der Waals surface area (Å²) in [7, 11) is 0. The highest BCUT2D eigenvalue weighted by molar-refractivity contribution is 5.71. The van der Waals surface area contributed by atoms with Crippen LogP contribution in [0.4, 0.5) is 0 Å². The molecule has 0 amide bonds. The predicted octanol–water partition coefficient (Wildman–Crippen LogP) is 2.08. The van der Waals surface area contributed by atoms with Gasteiger partial charge in [0.25, 0.3) is 0 Å². The maximum absolute atomic E-state index is 9.78. The highest BCUT2D eigenvalue weighted by Crippen LogP contribution is 2.28. The lowest BCUT2D eigenvalue weighted by atomic mass is 9.98. The first-order chi connectivity index (χ1) is 6.77. The van der Waals surface area contributed by atoms with Gasteiger partial charge in [-0.1, -0.05) is 18.2 Å². The van der Waals surface area contributed by atoms with E-state index in [2.05, 4.69) is 11.4 Å². The van der Waals surface area contributed by atoms with Crippen molar-refractivity contribution in [1.29, 1.82) is 0 Å². The predicted molar refractivity (Wildman–Crippen MR) is 58.3 cm³/mol. The van der Waals surface area contributed by atoms with Crippen molar-refractivity contribution in [1.82, 2.24) is 5.32 Å². The third-order valence-corrected chi connectivity index (χ3v) is 2.56. The Kier molecular flexibility index (Phi) is 2.55. The van der Waals surface area contributed by atoms with Gasteiger partial charge in [0.2, 0.25) is 0 Å². The minimum absolute atomic E-state index is 0.401. The van der Waals surface area contributed by atoms with Gasteiger partial charge in [-0.3, -0.25) is 0 Å². The summed E-state index contributed by atoms with van der Waals surface area (Å²) >= 11 is 0. The highest BCUT2D eigenvalue weighted by atomic mass is 16.3.